The zero-order valence-electron chi connectivity index (χ0n) is 15.3. The molecule has 1 aliphatic heterocycles. The van der Waals surface area contributed by atoms with Gasteiger partial charge in [-0.15, -0.1) is 0 Å². The zero-order chi connectivity index (χ0) is 19.2. The molecule has 1 N–H and O–H groups in total. The molecule has 2 amide bonds. The van der Waals surface area contributed by atoms with Crippen molar-refractivity contribution in [2.75, 3.05) is 24.7 Å². The lowest BCUT2D eigenvalue weighted by atomic mass is 10.2. The number of carbonyl (C=O) groups excluding carboxylic acids is 2. The highest BCUT2D eigenvalue weighted by atomic mass is 32.2. The number of hydrogen-bond donors (Lipinski definition) is 1. The summed E-state index contributed by atoms with van der Waals surface area (Å²) in [5, 5.41) is 2.80. The number of aliphatic imine (C=N–C) groups is 1. The first-order valence-corrected chi connectivity index (χ1v) is 10.5. The zero-order valence-corrected chi connectivity index (χ0v) is 16.9. The van der Waals surface area contributed by atoms with E-state index < -0.39 is 0 Å². The predicted molar refractivity (Wildman–Crippen MR) is 115 cm³/mol. The van der Waals surface area contributed by atoms with E-state index in [2.05, 4.69) is 16.4 Å². The van der Waals surface area contributed by atoms with Crippen LogP contribution in [0.1, 0.15) is 11.1 Å². The van der Waals surface area contributed by atoms with Crippen molar-refractivity contribution in [1.29, 1.82) is 0 Å². The summed E-state index contributed by atoms with van der Waals surface area (Å²) in [6.07, 6.45) is 0. The quantitative estimate of drug-likeness (QED) is 0.824. The van der Waals surface area contributed by atoms with Crippen LogP contribution in [0.4, 0.5) is 11.4 Å². The molecule has 1 heterocycles. The van der Waals surface area contributed by atoms with Crippen molar-refractivity contribution < 1.29 is 9.59 Å². The molecule has 0 bridgehead atoms. The molecule has 0 fully saturated rings. The Kier molecular flexibility index (Phi) is 6.58. The minimum Gasteiger partial charge on any atom is -0.336 e. The van der Waals surface area contributed by atoms with Crippen molar-refractivity contribution in [1.82, 2.24) is 4.90 Å². The van der Waals surface area contributed by atoms with Gasteiger partial charge in [-0.25, -0.2) is 4.99 Å². The van der Waals surface area contributed by atoms with Gasteiger partial charge in [0.2, 0.25) is 11.8 Å². The number of anilines is 1. The first-order chi connectivity index (χ1) is 13.0. The van der Waals surface area contributed by atoms with E-state index in [1.165, 1.54) is 22.2 Å². The van der Waals surface area contributed by atoms with Gasteiger partial charge in [-0.2, -0.15) is 0 Å². The molecule has 0 saturated carbocycles. The van der Waals surface area contributed by atoms with Gasteiger partial charge in [0.1, 0.15) is 4.38 Å². The average Bonchev–Trinajstić information content (AvgIpc) is 2.67. The van der Waals surface area contributed by atoms with Crippen LogP contribution < -0.4 is 5.32 Å². The van der Waals surface area contributed by atoms with E-state index in [4.69, 9.17) is 0 Å². The fourth-order valence-electron chi connectivity index (χ4n) is 2.46. The summed E-state index contributed by atoms with van der Waals surface area (Å²) < 4.78 is 0.888. The minimum absolute atomic E-state index is 0.0235. The van der Waals surface area contributed by atoms with Gasteiger partial charge in [0.25, 0.3) is 0 Å². The van der Waals surface area contributed by atoms with Gasteiger partial charge in [-0.05, 0) is 30.7 Å². The highest BCUT2D eigenvalue weighted by Crippen LogP contribution is 2.34. The summed E-state index contributed by atoms with van der Waals surface area (Å²) in [6.45, 7) is 2.01. The molecule has 2 aromatic carbocycles. The molecule has 140 valence electrons. The lowest BCUT2D eigenvalue weighted by Crippen LogP contribution is -2.36. The Labute approximate surface area is 167 Å². The minimum atomic E-state index is -0.210. The molecule has 5 nitrogen and oxygen atoms in total. The van der Waals surface area contributed by atoms with Gasteiger partial charge in [0, 0.05) is 18.5 Å². The molecule has 3 rings (SSSR count). The van der Waals surface area contributed by atoms with E-state index in [0.717, 1.165) is 27.1 Å². The number of nitrogens with one attached hydrogen (secondary N) is 1. The second-order valence-corrected chi connectivity index (χ2v) is 8.43. The molecule has 0 saturated heterocycles. The van der Waals surface area contributed by atoms with E-state index in [1.807, 2.05) is 49.4 Å². The summed E-state index contributed by atoms with van der Waals surface area (Å²) in [5.74, 6) is 0.826. The van der Waals surface area contributed by atoms with Gasteiger partial charge < -0.3 is 10.2 Å². The van der Waals surface area contributed by atoms with Gasteiger partial charge in [-0.1, -0.05) is 59.4 Å². The van der Waals surface area contributed by atoms with Crippen molar-refractivity contribution >= 4 is 51.1 Å². The molecule has 0 radical (unpaired) electrons. The number of carbonyl (C=O) groups is 2. The number of para-hydroxylation sites is 1. The van der Waals surface area contributed by atoms with Crippen molar-refractivity contribution in [3.8, 4) is 0 Å². The largest absolute Gasteiger partial charge is 0.336 e. The summed E-state index contributed by atoms with van der Waals surface area (Å²) in [5.41, 5.74) is 4.04. The lowest BCUT2D eigenvalue weighted by molar-refractivity contribution is -0.131. The molecule has 2 aromatic rings. The number of benzene rings is 2. The van der Waals surface area contributed by atoms with Crippen LogP contribution in [-0.2, 0) is 15.3 Å². The highest BCUT2D eigenvalue weighted by Gasteiger charge is 2.17. The van der Waals surface area contributed by atoms with Crippen LogP contribution in [0, 0.1) is 6.92 Å². The van der Waals surface area contributed by atoms with E-state index in [1.54, 1.807) is 18.8 Å². The fraction of sp³-hybridized carbons (Fsp3) is 0.250. The Morgan fingerprint density at radius 1 is 1.19 bits per heavy atom. The van der Waals surface area contributed by atoms with E-state index in [0.29, 0.717) is 0 Å². The predicted octanol–water partition coefficient (Wildman–Crippen LogP) is 4.06. The van der Waals surface area contributed by atoms with Crippen molar-refractivity contribution in [3.63, 3.8) is 0 Å². The Balaban J connectivity index is 1.47. The fourth-order valence-corrected chi connectivity index (χ4v) is 4.46. The molecular weight excluding hydrogens is 378 g/mol. The number of nitrogens with zero attached hydrogens (tertiary/aromatic N) is 2. The molecule has 0 aliphatic carbocycles. The van der Waals surface area contributed by atoms with Crippen LogP contribution in [0.15, 0.2) is 53.5 Å². The normalized spacial score (nSPS) is 12.7. The van der Waals surface area contributed by atoms with Crippen LogP contribution in [0.3, 0.4) is 0 Å². The molecular formula is C20H21N3O2S2. The number of rotatable bonds is 5. The van der Waals surface area contributed by atoms with Crippen LogP contribution in [0.5, 0.6) is 0 Å². The van der Waals surface area contributed by atoms with Crippen molar-refractivity contribution in [2.24, 2.45) is 4.99 Å². The summed E-state index contributed by atoms with van der Waals surface area (Å²) in [6, 6.07) is 15.6. The third-order valence-electron chi connectivity index (χ3n) is 4.02. The van der Waals surface area contributed by atoms with Gasteiger partial charge >= 0.3 is 0 Å². The average molecular weight is 400 g/mol. The Bertz CT molecular complexity index is 866. The molecule has 0 atom stereocenters. The van der Waals surface area contributed by atoms with Gasteiger partial charge in [-0.3, -0.25) is 9.59 Å². The number of aryl methyl sites for hydroxylation is 1. The van der Waals surface area contributed by atoms with Crippen LogP contribution >= 0.6 is 23.5 Å². The van der Waals surface area contributed by atoms with Gasteiger partial charge in [0.15, 0.2) is 0 Å². The number of likely N-dealkylation sites (N-methyl/N-ethyl adjacent to an activating group) is 1. The topological polar surface area (TPSA) is 61.8 Å². The monoisotopic (exact) mass is 399 g/mol. The highest BCUT2D eigenvalue weighted by molar-refractivity contribution is 8.38. The van der Waals surface area contributed by atoms with Crippen molar-refractivity contribution in [2.45, 2.75) is 12.7 Å². The Morgan fingerprint density at radius 2 is 1.93 bits per heavy atom. The Hall–Kier alpha value is -2.25. The molecule has 0 unspecified atom stereocenters. The summed E-state index contributed by atoms with van der Waals surface area (Å²) >= 11 is 3.06. The van der Waals surface area contributed by atoms with Crippen LogP contribution in [-0.4, -0.2) is 40.4 Å². The maximum atomic E-state index is 12.3. The smallest absolute Gasteiger partial charge is 0.243 e. The maximum absolute atomic E-state index is 12.3. The third kappa shape index (κ3) is 5.61. The summed E-state index contributed by atoms with van der Waals surface area (Å²) in [4.78, 5) is 30.5. The van der Waals surface area contributed by atoms with E-state index >= 15 is 0 Å². The Morgan fingerprint density at radius 3 is 2.70 bits per heavy atom. The van der Waals surface area contributed by atoms with Gasteiger partial charge in [0.05, 0.1) is 18.0 Å². The third-order valence-corrected chi connectivity index (χ3v) is 6.25. The standard InChI is InChI=1S/C20H21N3O2S2/c1-14-7-9-16(10-8-14)21-18(24)11-23(2)19(25)13-27-20-22-17-6-4-3-5-15(17)12-26-20/h3-10H,11-13H2,1-2H3,(H,21,24). The van der Waals surface area contributed by atoms with Crippen molar-refractivity contribution in [3.05, 3.63) is 59.7 Å². The first kappa shape index (κ1) is 19.5. The number of hydrogen-bond acceptors (Lipinski definition) is 5. The molecule has 7 heteroatoms. The van der Waals surface area contributed by atoms with Crippen LogP contribution in [0.25, 0.3) is 0 Å². The summed E-state index contributed by atoms with van der Waals surface area (Å²) in [7, 11) is 1.64. The second-order valence-electron chi connectivity index (χ2n) is 6.25. The lowest BCUT2D eigenvalue weighted by Gasteiger charge is -2.18. The van der Waals surface area contributed by atoms with E-state index in [-0.39, 0.29) is 24.1 Å². The number of thioether (sulfide) groups is 2. The van der Waals surface area contributed by atoms with E-state index in [9.17, 15) is 9.59 Å². The first-order valence-electron chi connectivity index (χ1n) is 8.54. The van der Waals surface area contributed by atoms with Crippen LogP contribution in [0.2, 0.25) is 0 Å². The maximum Gasteiger partial charge on any atom is 0.243 e. The molecule has 0 aromatic heterocycles. The SMILES string of the molecule is Cc1ccc(NC(=O)CN(C)C(=O)CSC2=Nc3ccccc3CS2)cc1. The molecule has 0 spiro atoms. The molecule has 27 heavy (non-hydrogen) atoms. The second kappa shape index (κ2) is 9.10. The molecule has 1 aliphatic rings. The number of amides is 2. The number of fused-ring (bicyclic) bond motifs is 1.